The Labute approximate surface area is 134 Å². The molecule has 23 heavy (non-hydrogen) atoms. The largest absolute Gasteiger partial charge is 0.445 e. The number of benzene rings is 1. The van der Waals surface area contributed by atoms with Crippen LogP contribution in [0.1, 0.15) is 22.9 Å². The third-order valence-corrected chi connectivity index (χ3v) is 3.40. The normalized spacial score (nSPS) is 13.2. The molecule has 1 aromatic carbocycles. The van der Waals surface area contributed by atoms with E-state index >= 15 is 0 Å². The summed E-state index contributed by atoms with van der Waals surface area (Å²) in [6.07, 6.45) is -1.32. The average Bonchev–Trinajstić information content (AvgIpc) is 2.58. The van der Waals surface area contributed by atoms with E-state index in [9.17, 15) is 15.0 Å². The lowest BCUT2D eigenvalue weighted by Crippen LogP contribution is -2.36. The lowest BCUT2D eigenvalue weighted by molar-refractivity contribution is 0.0178. The third kappa shape index (κ3) is 5.05. The van der Waals surface area contributed by atoms with E-state index in [0.29, 0.717) is 11.3 Å². The molecule has 0 aliphatic heterocycles. The fourth-order valence-electron chi connectivity index (χ4n) is 2.09. The number of alkyl carbamates (subject to hydrolysis) is 1. The topological polar surface area (TPSA) is 91.7 Å². The van der Waals surface area contributed by atoms with Crippen LogP contribution in [0.4, 0.5) is 4.79 Å². The van der Waals surface area contributed by atoms with Crippen molar-refractivity contribution in [3.63, 3.8) is 0 Å². The van der Waals surface area contributed by atoms with Gasteiger partial charge in [0.15, 0.2) is 0 Å². The zero-order valence-electron chi connectivity index (χ0n) is 12.8. The van der Waals surface area contributed by atoms with E-state index in [4.69, 9.17) is 4.74 Å². The minimum absolute atomic E-state index is 0.122. The molecule has 0 bridgehead atoms. The third-order valence-electron chi connectivity index (χ3n) is 3.40. The summed E-state index contributed by atoms with van der Waals surface area (Å²) in [5, 5.41) is 22.5. The van der Waals surface area contributed by atoms with E-state index in [-0.39, 0.29) is 13.2 Å². The second-order valence-electron chi connectivity index (χ2n) is 5.13. The molecule has 6 heteroatoms. The molecule has 6 nitrogen and oxygen atoms in total. The molecule has 1 aromatic heterocycles. The van der Waals surface area contributed by atoms with E-state index in [1.165, 1.54) is 0 Å². The fourth-order valence-corrected chi connectivity index (χ4v) is 2.09. The summed E-state index contributed by atoms with van der Waals surface area (Å²) in [6, 6.07) is 12.6. The Morgan fingerprint density at radius 1 is 1.22 bits per heavy atom. The molecule has 0 radical (unpaired) electrons. The first-order valence-corrected chi connectivity index (χ1v) is 7.30. The molecule has 0 fully saturated rings. The predicted molar refractivity (Wildman–Crippen MR) is 84.6 cm³/mol. The standard InChI is InChI=1S/C17H20N2O4/c1-12-14(8-5-9-18-12)16(21)15(20)10-19-17(22)23-11-13-6-3-2-4-7-13/h2-9,15-16,20-21H,10-11H2,1H3,(H,19,22). The van der Waals surface area contributed by atoms with Gasteiger partial charge in [-0.1, -0.05) is 36.4 Å². The van der Waals surface area contributed by atoms with Crippen LogP contribution in [-0.2, 0) is 11.3 Å². The maximum Gasteiger partial charge on any atom is 0.407 e. The van der Waals surface area contributed by atoms with Gasteiger partial charge in [0.05, 0.1) is 0 Å². The number of aryl methyl sites for hydroxylation is 1. The van der Waals surface area contributed by atoms with Gasteiger partial charge >= 0.3 is 6.09 Å². The van der Waals surface area contributed by atoms with Gasteiger partial charge in [-0.05, 0) is 18.6 Å². The highest BCUT2D eigenvalue weighted by Crippen LogP contribution is 2.18. The highest BCUT2D eigenvalue weighted by atomic mass is 16.5. The number of carbonyl (C=O) groups excluding carboxylic acids is 1. The van der Waals surface area contributed by atoms with Crippen LogP contribution in [-0.4, -0.2) is 33.9 Å². The number of amides is 1. The molecule has 2 atom stereocenters. The Balaban J connectivity index is 1.78. The van der Waals surface area contributed by atoms with Gasteiger partial charge in [0.1, 0.15) is 18.8 Å². The number of hydrogen-bond donors (Lipinski definition) is 3. The first-order valence-electron chi connectivity index (χ1n) is 7.30. The molecule has 0 aliphatic rings. The van der Waals surface area contributed by atoms with E-state index < -0.39 is 18.3 Å². The monoisotopic (exact) mass is 316 g/mol. The highest BCUT2D eigenvalue weighted by Gasteiger charge is 2.21. The quantitative estimate of drug-likeness (QED) is 0.754. The summed E-state index contributed by atoms with van der Waals surface area (Å²) >= 11 is 0. The summed E-state index contributed by atoms with van der Waals surface area (Å²) < 4.78 is 5.03. The second kappa shape index (κ2) is 8.26. The smallest absolute Gasteiger partial charge is 0.407 e. The van der Waals surface area contributed by atoms with Gasteiger partial charge in [0, 0.05) is 24.0 Å². The van der Waals surface area contributed by atoms with E-state index in [1.807, 2.05) is 30.3 Å². The van der Waals surface area contributed by atoms with Gasteiger partial charge in [0.2, 0.25) is 0 Å². The molecule has 0 aliphatic carbocycles. The molecular weight excluding hydrogens is 296 g/mol. The average molecular weight is 316 g/mol. The zero-order chi connectivity index (χ0) is 16.7. The molecule has 2 unspecified atom stereocenters. The molecule has 122 valence electrons. The maximum atomic E-state index is 11.6. The van der Waals surface area contributed by atoms with E-state index in [0.717, 1.165) is 5.56 Å². The zero-order valence-corrected chi connectivity index (χ0v) is 12.8. The van der Waals surface area contributed by atoms with Crippen molar-refractivity contribution >= 4 is 6.09 Å². The van der Waals surface area contributed by atoms with Crippen LogP contribution in [0.3, 0.4) is 0 Å². The van der Waals surface area contributed by atoms with Gasteiger partial charge in [0.25, 0.3) is 0 Å². The minimum Gasteiger partial charge on any atom is -0.445 e. The van der Waals surface area contributed by atoms with Crippen LogP contribution in [0.25, 0.3) is 0 Å². The van der Waals surface area contributed by atoms with Crippen molar-refractivity contribution in [3.8, 4) is 0 Å². The Hall–Kier alpha value is -2.44. The van der Waals surface area contributed by atoms with Crippen LogP contribution in [0.2, 0.25) is 0 Å². The Morgan fingerprint density at radius 3 is 2.65 bits per heavy atom. The van der Waals surface area contributed by atoms with Gasteiger partial charge in [-0.15, -0.1) is 0 Å². The molecule has 3 N–H and O–H groups in total. The predicted octanol–water partition coefficient (Wildman–Crippen LogP) is 1.71. The number of hydrogen-bond acceptors (Lipinski definition) is 5. The van der Waals surface area contributed by atoms with E-state index in [2.05, 4.69) is 10.3 Å². The molecule has 0 saturated heterocycles. The molecule has 1 amide bonds. The molecule has 2 rings (SSSR count). The highest BCUT2D eigenvalue weighted by molar-refractivity contribution is 5.67. The summed E-state index contributed by atoms with van der Waals surface area (Å²) in [4.78, 5) is 15.7. The van der Waals surface area contributed by atoms with E-state index in [1.54, 1.807) is 25.3 Å². The first kappa shape index (κ1) is 16.9. The number of carbonyl (C=O) groups is 1. The SMILES string of the molecule is Cc1ncccc1C(O)C(O)CNC(=O)OCc1ccccc1. The number of aromatic nitrogens is 1. The molecule has 2 aromatic rings. The lowest BCUT2D eigenvalue weighted by atomic mass is 10.0. The van der Waals surface area contributed by atoms with Crippen molar-refractivity contribution in [2.75, 3.05) is 6.54 Å². The fraction of sp³-hybridized carbons (Fsp3) is 0.294. The van der Waals surface area contributed by atoms with Gasteiger partial charge in [-0.25, -0.2) is 4.79 Å². The van der Waals surface area contributed by atoms with Crippen LogP contribution in [0.15, 0.2) is 48.7 Å². The summed E-state index contributed by atoms with van der Waals surface area (Å²) in [7, 11) is 0. The van der Waals surface area contributed by atoms with Crippen LogP contribution >= 0.6 is 0 Å². The number of aliphatic hydroxyl groups is 2. The van der Waals surface area contributed by atoms with Gasteiger partial charge < -0.3 is 20.3 Å². The Bertz CT molecular complexity index is 634. The van der Waals surface area contributed by atoms with Crippen molar-refractivity contribution in [3.05, 3.63) is 65.5 Å². The van der Waals surface area contributed by atoms with Crippen molar-refractivity contribution in [2.45, 2.75) is 25.7 Å². The van der Waals surface area contributed by atoms with Crippen LogP contribution in [0.5, 0.6) is 0 Å². The van der Waals surface area contributed by atoms with Gasteiger partial charge in [-0.2, -0.15) is 0 Å². The number of aliphatic hydroxyl groups excluding tert-OH is 2. The number of nitrogens with one attached hydrogen (secondary N) is 1. The van der Waals surface area contributed by atoms with Crippen LogP contribution in [0, 0.1) is 6.92 Å². The minimum atomic E-state index is -1.15. The summed E-state index contributed by atoms with van der Waals surface area (Å²) in [5.41, 5.74) is 2.03. The number of rotatable bonds is 6. The lowest BCUT2D eigenvalue weighted by Gasteiger charge is -2.19. The van der Waals surface area contributed by atoms with Crippen molar-refractivity contribution in [1.82, 2.24) is 10.3 Å². The van der Waals surface area contributed by atoms with Gasteiger partial charge in [-0.3, -0.25) is 4.98 Å². The molecule has 1 heterocycles. The van der Waals surface area contributed by atoms with Crippen molar-refractivity contribution in [1.29, 1.82) is 0 Å². The molecular formula is C17H20N2O4. The number of ether oxygens (including phenoxy) is 1. The Kier molecular flexibility index (Phi) is 6.08. The van der Waals surface area contributed by atoms with Crippen LogP contribution < -0.4 is 5.32 Å². The van der Waals surface area contributed by atoms with Crippen molar-refractivity contribution < 1.29 is 19.7 Å². The number of nitrogens with zero attached hydrogens (tertiary/aromatic N) is 1. The first-order chi connectivity index (χ1) is 11.1. The second-order valence-corrected chi connectivity index (χ2v) is 5.13. The molecule has 0 saturated carbocycles. The maximum absolute atomic E-state index is 11.6. The Morgan fingerprint density at radius 2 is 1.96 bits per heavy atom. The van der Waals surface area contributed by atoms with Crippen molar-refractivity contribution in [2.24, 2.45) is 0 Å². The summed E-state index contributed by atoms with van der Waals surface area (Å²) in [5.74, 6) is 0. The molecule has 0 spiro atoms. The summed E-state index contributed by atoms with van der Waals surface area (Å²) in [6.45, 7) is 1.77. The number of pyridine rings is 1.